The van der Waals surface area contributed by atoms with Crippen LogP contribution in [0.4, 0.5) is 4.39 Å². The van der Waals surface area contributed by atoms with Crippen LogP contribution in [0.1, 0.15) is 11.1 Å². The van der Waals surface area contributed by atoms with E-state index >= 15 is 0 Å². The van der Waals surface area contributed by atoms with E-state index in [0.717, 1.165) is 5.56 Å². The van der Waals surface area contributed by atoms with E-state index in [2.05, 4.69) is 4.98 Å². The third-order valence-electron chi connectivity index (χ3n) is 2.58. The number of methoxy groups -OCH3 is 1. The molecular formula is C15H12FNO2. The molecule has 19 heavy (non-hydrogen) atoms. The van der Waals surface area contributed by atoms with Crippen LogP contribution in [0.2, 0.25) is 0 Å². The normalized spacial score (nSPS) is 11.2. The van der Waals surface area contributed by atoms with Crippen molar-refractivity contribution in [3.8, 4) is 0 Å². The van der Waals surface area contributed by atoms with Gasteiger partial charge in [-0.2, -0.15) is 0 Å². The Balaban J connectivity index is 2.44. The summed E-state index contributed by atoms with van der Waals surface area (Å²) >= 11 is 0. The molecule has 1 aromatic carbocycles. The van der Waals surface area contributed by atoms with Gasteiger partial charge >= 0.3 is 5.97 Å². The molecule has 1 aromatic heterocycles. The largest absolute Gasteiger partial charge is 0.465 e. The number of rotatable bonds is 3. The molecule has 4 heteroatoms. The van der Waals surface area contributed by atoms with Crippen molar-refractivity contribution < 1.29 is 13.9 Å². The molecule has 0 N–H and O–H groups in total. The summed E-state index contributed by atoms with van der Waals surface area (Å²) in [6.45, 7) is 0. The Morgan fingerprint density at radius 2 is 1.79 bits per heavy atom. The fourth-order valence-electron chi connectivity index (χ4n) is 1.63. The molecule has 2 rings (SSSR count). The van der Waals surface area contributed by atoms with Crippen LogP contribution in [0.25, 0.3) is 11.6 Å². The van der Waals surface area contributed by atoms with Crippen molar-refractivity contribution in [2.75, 3.05) is 7.11 Å². The molecule has 0 bridgehead atoms. The van der Waals surface area contributed by atoms with Crippen LogP contribution in [-0.4, -0.2) is 18.1 Å². The highest BCUT2D eigenvalue weighted by molar-refractivity contribution is 6.21. The van der Waals surface area contributed by atoms with Gasteiger partial charge < -0.3 is 4.74 Å². The fourth-order valence-corrected chi connectivity index (χ4v) is 1.63. The van der Waals surface area contributed by atoms with Crippen molar-refractivity contribution in [2.24, 2.45) is 0 Å². The lowest BCUT2D eigenvalue weighted by atomic mass is 10.0. The van der Waals surface area contributed by atoms with E-state index < -0.39 is 5.97 Å². The number of nitrogens with zero attached hydrogens (tertiary/aromatic N) is 1. The number of hydrogen-bond acceptors (Lipinski definition) is 3. The number of aromatic nitrogens is 1. The average Bonchev–Trinajstić information content (AvgIpc) is 2.47. The Hall–Kier alpha value is -2.49. The summed E-state index contributed by atoms with van der Waals surface area (Å²) in [5.41, 5.74) is 1.82. The first-order valence-corrected chi connectivity index (χ1v) is 5.66. The Bertz CT molecular complexity index is 591. The minimum absolute atomic E-state index is 0.319. The Morgan fingerprint density at radius 3 is 2.37 bits per heavy atom. The first-order chi connectivity index (χ1) is 9.20. The average molecular weight is 257 g/mol. The van der Waals surface area contributed by atoms with Crippen LogP contribution >= 0.6 is 0 Å². The molecule has 0 radical (unpaired) electrons. The highest BCUT2D eigenvalue weighted by atomic mass is 19.1. The molecule has 0 saturated heterocycles. The lowest BCUT2D eigenvalue weighted by Crippen LogP contribution is -2.03. The minimum Gasteiger partial charge on any atom is -0.465 e. The number of carbonyl (C=O) groups excluding carboxylic acids is 1. The predicted molar refractivity (Wildman–Crippen MR) is 70.5 cm³/mol. The van der Waals surface area contributed by atoms with E-state index in [9.17, 15) is 9.18 Å². The summed E-state index contributed by atoms with van der Waals surface area (Å²) in [6.07, 6.45) is 4.84. The lowest BCUT2D eigenvalue weighted by Gasteiger charge is -2.05. The molecule has 0 fully saturated rings. The standard InChI is InChI=1S/C15H12FNO2/c1-19-15(18)14(12-6-8-17-9-7-12)10-11-2-4-13(16)5-3-11/h2-10H,1H3/b14-10-. The maximum Gasteiger partial charge on any atom is 0.338 e. The zero-order chi connectivity index (χ0) is 13.7. The maximum atomic E-state index is 12.9. The summed E-state index contributed by atoms with van der Waals surface area (Å²) in [5.74, 6) is -0.767. The Labute approximate surface area is 110 Å². The lowest BCUT2D eigenvalue weighted by molar-refractivity contribution is -0.133. The molecule has 0 unspecified atom stereocenters. The number of benzene rings is 1. The van der Waals surface area contributed by atoms with E-state index in [-0.39, 0.29) is 5.82 Å². The van der Waals surface area contributed by atoms with Crippen LogP contribution in [-0.2, 0) is 9.53 Å². The van der Waals surface area contributed by atoms with Crippen molar-refractivity contribution in [3.05, 3.63) is 65.7 Å². The van der Waals surface area contributed by atoms with E-state index in [1.165, 1.54) is 19.2 Å². The number of esters is 1. The van der Waals surface area contributed by atoms with Crippen LogP contribution < -0.4 is 0 Å². The molecule has 3 nitrogen and oxygen atoms in total. The van der Waals surface area contributed by atoms with Crippen molar-refractivity contribution in [3.63, 3.8) is 0 Å². The van der Waals surface area contributed by atoms with Gasteiger partial charge in [-0.05, 0) is 41.5 Å². The molecule has 0 aliphatic heterocycles. The summed E-state index contributed by atoms with van der Waals surface area (Å²) in [6, 6.07) is 9.30. The molecular weight excluding hydrogens is 245 g/mol. The second-order valence-electron chi connectivity index (χ2n) is 3.84. The van der Waals surface area contributed by atoms with E-state index in [1.807, 2.05) is 0 Å². The molecule has 0 aliphatic carbocycles. The molecule has 1 heterocycles. The molecule has 0 saturated carbocycles. The van der Waals surface area contributed by atoms with E-state index in [4.69, 9.17) is 4.74 Å². The van der Waals surface area contributed by atoms with E-state index in [0.29, 0.717) is 11.1 Å². The predicted octanol–water partition coefficient (Wildman–Crippen LogP) is 2.93. The highest BCUT2D eigenvalue weighted by Gasteiger charge is 2.12. The smallest absolute Gasteiger partial charge is 0.338 e. The second-order valence-corrected chi connectivity index (χ2v) is 3.84. The zero-order valence-corrected chi connectivity index (χ0v) is 10.3. The minimum atomic E-state index is -0.449. The van der Waals surface area contributed by atoms with Gasteiger partial charge in [0.15, 0.2) is 0 Å². The molecule has 2 aromatic rings. The summed E-state index contributed by atoms with van der Waals surface area (Å²) in [5, 5.41) is 0. The number of pyridine rings is 1. The summed E-state index contributed by atoms with van der Waals surface area (Å²) < 4.78 is 17.6. The van der Waals surface area contributed by atoms with Gasteiger partial charge in [-0.1, -0.05) is 12.1 Å². The van der Waals surface area contributed by atoms with Crippen LogP contribution in [0, 0.1) is 5.82 Å². The van der Waals surface area contributed by atoms with Gasteiger partial charge in [0.2, 0.25) is 0 Å². The van der Waals surface area contributed by atoms with Crippen molar-refractivity contribution >= 4 is 17.6 Å². The number of hydrogen-bond donors (Lipinski definition) is 0. The van der Waals surface area contributed by atoms with Gasteiger partial charge in [0.05, 0.1) is 12.7 Å². The monoisotopic (exact) mass is 257 g/mol. The fraction of sp³-hybridized carbons (Fsp3) is 0.0667. The van der Waals surface area contributed by atoms with Gasteiger partial charge in [0.25, 0.3) is 0 Å². The molecule has 96 valence electrons. The van der Waals surface area contributed by atoms with Gasteiger partial charge in [-0.15, -0.1) is 0 Å². The zero-order valence-electron chi connectivity index (χ0n) is 10.3. The molecule has 0 atom stereocenters. The Morgan fingerprint density at radius 1 is 1.16 bits per heavy atom. The first kappa shape index (κ1) is 13.0. The van der Waals surface area contributed by atoms with Gasteiger partial charge in [0, 0.05) is 12.4 Å². The first-order valence-electron chi connectivity index (χ1n) is 5.66. The maximum absolute atomic E-state index is 12.9. The third-order valence-corrected chi connectivity index (χ3v) is 2.58. The van der Waals surface area contributed by atoms with Gasteiger partial charge in [-0.3, -0.25) is 4.98 Å². The number of ether oxygens (including phenoxy) is 1. The molecule has 0 aliphatic rings. The quantitative estimate of drug-likeness (QED) is 0.627. The second kappa shape index (κ2) is 5.91. The molecule has 0 spiro atoms. The summed E-state index contributed by atoms with van der Waals surface area (Å²) in [4.78, 5) is 15.7. The van der Waals surface area contributed by atoms with Crippen LogP contribution in [0.15, 0.2) is 48.8 Å². The number of carbonyl (C=O) groups is 1. The highest BCUT2D eigenvalue weighted by Crippen LogP contribution is 2.19. The van der Waals surface area contributed by atoms with E-state index in [1.54, 1.807) is 42.7 Å². The van der Waals surface area contributed by atoms with Crippen molar-refractivity contribution in [1.29, 1.82) is 0 Å². The number of halogens is 1. The summed E-state index contributed by atoms with van der Waals surface area (Å²) in [7, 11) is 1.32. The topological polar surface area (TPSA) is 39.2 Å². The van der Waals surface area contributed by atoms with Gasteiger partial charge in [-0.25, -0.2) is 9.18 Å². The Kier molecular flexibility index (Phi) is 4.03. The SMILES string of the molecule is COC(=O)/C(=C\c1ccc(F)cc1)c1ccncc1. The third kappa shape index (κ3) is 3.25. The van der Waals surface area contributed by atoms with Crippen LogP contribution in [0.5, 0.6) is 0 Å². The van der Waals surface area contributed by atoms with Crippen molar-refractivity contribution in [1.82, 2.24) is 4.98 Å². The van der Waals surface area contributed by atoms with Crippen molar-refractivity contribution in [2.45, 2.75) is 0 Å². The van der Waals surface area contributed by atoms with Gasteiger partial charge in [0.1, 0.15) is 5.82 Å². The van der Waals surface area contributed by atoms with Crippen LogP contribution in [0.3, 0.4) is 0 Å². The molecule has 0 amide bonds.